The lowest BCUT2D eigenvalue weighted by Crippen LogP contribution is -2.45. The van der Waals surface area contributed by atoms with Crippen molar-refractivity contribution in [1.29, 1.82) is 0 Å². The van der Waals surface area contributed by atoms with Crippen LogP contribution in [0, 0.1) is 11.7 Å². The number of rotatable bonds is 5. The predicted molar refractivity (Wildman–Crippen MR) is 111 cm³/mol. The zero-order valence-electron chi connectivity index (χ0n) is 16.3. The first-order valence-electron chi connectivity index (χ1n) is 10.4. The molecule has 1 aliphatic carbocycles. The summed E-state index contributed by atoms with van der Waals surface area (Å²) in [4.78, 5) is 6.56. The first kappa shape index (κ1) is 18.5. The van der Waals surface area contributed by atoms with Gasteiger partial charge in [0.2, 0.25) is 0 Å². The second-order valence-electron chi connectivity index (χ2n) is 8.16. The van der Waals surface area contributed by atoms with Crippen molar-refractivity contribution in [3.8, 4) is 16.9 Å². The topological polar surface area (TPSA) is 45.6 Å². The highest BCUT2D eigenvalue weighted by Crippen LogP contribution is 2.35. The number of aromatic nitrogens is 1. The number of aliphatic hydroxyl groups is 1. The summed E-state index contributed by atoms with van der Waals surface area (Å²) >= 11 is 0. The minimum absolute atomic E-state index is 0.180. The van der Waals surface area contributed by atoms with E-state index in [4.69, 9.17) is 4.74 Å². The maximum Gasteiger partial charge on any atom is 0.132 e. The monoisotopic (exact) mass is 392 g/mol. The van der Waals surface area contributed by atoms with Crippen molar-refractivity contribution in [1.82, 2.24) is 9.88 Å². The van der Waals surface area contributed by atoms with Gasteiger partial charge in [-0.1, -0.05) is 18.2 Å². The third-order valence-corrected chi connectivity index (χ3v) is 6.06. The molecule has 2 aromatic carbocycles. The number of hydrogen-bond donors (Lipinski definition) is 1. The Morgan fingerprint density at radius 1 is 1.00 bits per heavy atom. The fraction of sp³-hybridized carbons (Fsp3) is 0.375. The van der Waals surface area contributed by atoms with Crippen molar-refractivity contribution in [3.63, 3.8) is 0 Å². The van der Waals surface area contributed by atoms with Gasteiger partial charge in [-0.25, -0.2) is 4.39 Å². The van der Waals surface area contributed by atoms with Crippen molar-refractivity contribution in [3.05, 3.63) is 60.5 Å². The minimum atomic E-state index is -0.268. The first-order valence-corrected chi connectivity index (χ1v) is 10.4. The maximum absolute atomic E-state index is 14.1. The molecule has 1 saturated carbocycles. The van der Waals surface area contributed by atoms with E-state index in [1.807, 2.05) is 36.4 Å². The Balaban J connectivity index is 1.23. The number of hydrogen-bond acceptors (Lipinski definition) is 4. The molecule has 29 heavy (non-hydrogen) atoms. The number of ether oxygens (including phenoxy) is 1. The highest BCUT2D eigenvalue weighted by atomic mass is 19.1. The van der Waals surface area contributed by atoms with Crippen LogP contribution in [0.5, 0.6) is 5.75 Å². The van der Waals surface area contributed by atoms with E-state index in [1.54, 1.807) is 12.3 Å². The Hall–Kier alpha value is -2.50. The van der Waals surface area contributed by atoms with Gasteiger partial charge in [0.1, 0.15) is 23.9 Å². The summed E-state index contributed by atoms with van der Waals surface area (Å²) in [5, 5.41) is 10.8. The molecule has 1 unspecified atom stereocenters. The average molecular weight is 392 g/mol. The molecule has 1 aromatic heterocycles. The lowest BCUT2D eigenvalue weighted by molar-refractivity contribution is -0.0409. The highest BCUT2D eigenvalue weighted by molar-refractivity contribution is 5.84. The molecule has 1 saturated heterocycles. The second-order valence-corrected chi connectivity index (χ2v) is 8.16. The smallest absolute Gasteiger partial charge is 0.132 e. The summed E-state index contributed by atoms with van der Waals surface area (Å²) in [5.41, 5.74) is 2.53. The van der Waals surface area contributed by atoms with Crippen LogP contribution in [0.4, 0.5) is 4.39 Å². The maximum atomic E-state index is 14.1. The van der Waals surface area contributed by atoms with Gasteiger partial charge in [0.05, 0.1) is 5.52 Å². The SMILES string of the molecule is OC(C1CC1)N1CCC(Oc2ccc(-c3cnc4cccc(F)c4c3)cc2)CC1. The van der Waals surface area contributed by atoms with Crippen LogP contribution < -0.4 is 4.74 Å². The molecular weight excluding hydrogens is 367 g/mol. The Kier molecular flexibility index (Phi) is 4.94. The molecule has 5 rings (SSSR count). The molecule has 0 bridgehead atoms. The van der Waals surface area contributed by atoms with Gasteiger partial charge in [0.15, 0.2) is 0 Å². The number of nitrogens with zero attached hydrogens (tertiary/aromatic N) is 2. The zero-order valence-corrected chi connectivity index (χ0v) is 16.3. The van der Waals surface area contributed by atoms with E-state index in [0.717, 1.165) is 55.6 Å². The highest BCUT2D eigenvalue weighted by Gasteiger charge is 2.35. The van der Waals surface area contributed by atoms with Crippen LogP contribution in [0.25, 0.3) is 22.0 Å². The molecule has 1 atom stereocenters. The number of aliphatic hydroxyl groups excluding tert-OH is 1. The third kappa shape index (κ3) is 3.98. The van der Waals surface area contributed by atoms with E-state index in [-0.39, 0.29) is 18.1 Å². The van der Waals surface area contributed by atoms with Crippen LogP contribution >= 0.6 is 0 Å². The minimum Gasteiger partial charge on any atom is -0.490 e. The molecule has 1 aliphatic heterocycles. The Morgan fingerprint density at radius 3 is 2.48 bits per heavy atom. The lowest BCUT2D eigenvalue weighted by Gasteiger charge is -2.35. The number of piperidine rings is 1. The van der Waals surface area contributed by atoms with Crippen LogP contribution in [-0.4, -0.2) is 40.4 Å². The molecule has 5 heteroatoms. The molecular formula is C24H25FN2O2. The molecule has 150 valence electrons. The summed E-state index contributed by atoms with van der Waals surface area (Å²) in [5.74, 6) is 1.07. The van der Waals surface area contributed by atoms with E-state index in [0.29, 0.717) is 16.8 Å². The van der Waals surface area contributed by atoms with E-state index >= 15 is 0 Å². The van der Waals surface area contributed by atoms with E-state index in [2.05, 4.69) is 9.88 Å². The third-order valence-electron chi connectivity index (χ3n) is 6.06. The molecule has 2 heterocycles. The first-order chi connectivity index (χ1) is 14.2. The number of fused-ring (bicyclic) bond motifs is 1. The number of halogens is 1. The molecule has 0 radical (unpaired) electrons. The van der Waals surface area contributed by atoms with Crippen LogP contribution in [0.1, 0.15) is 25.7 Å². The average Bonchev–Trinajstić information content (AvgIpc) is 3.60. The number of benzene rings is 2. The van der Waals surface area contributed by atoms with E-state index in [1.165, 1.54) is 6.07 Å². The van der Waals surface area contributed by atoms with E-state index in [9.17, 15) is 9.50 Å². The zero-order chi connectivity index (χ0) is 19.8. The molecule has 1 N–H and O–H groups in total. The lowest BCUT2D eigenvalue weighted by atomic mass is 10.0. The molecule has 2 fully saturated rings. The predicted octanol–water partition coefficient (Wildman–Crippen LogP) is 4.61. The van der Waals surface area contributed by atoms with Crippen LogP contribution in [-0.2, 0) is 0 Å². The van der Waals surface area contributed by atoms with Gasteiger partial charge in [0.25, 0.3) is 0 Å². The van der Waals surface area contributed by atoms with E-state index < -0.39 is 0 Å². The number of pyridine rings is 1. The molecule has 2 aliphatic rings. The van der Waals surface area contributed by atoms with Crippen LogP contribution in [0.3, 0.4) is 0 Å². The summed E-state index contributed by atoms with van der Waals surface area (Å²) in [6.45, 7) is 1.77. The van der Waals surface area contributed by atoms with Crippen molar-refractivity contribution in [2.45, 2.75) is 38.0 Å². The van der Waals surface area contributed by atoms with Gasteiger partial charge in [-0.15, -0.1) is 0 Å². The Bertz CT molecular complexity index is 995. The van der Waals surface area contributed by atoms with Crippen molar-refractivity contribution >= 4 is 10.9 Å². The van der Waals surface area contributed by atoms with Gasteiger partial charge in [-0.2, -0.15) is 0 Å². The van der Waals surface area contributed by atoms with Crippen molar-refractivity contribution in [2.75, 3.05) is 13.1 Å². The quantitative estimate of drug-likeness (QED) is 0.689. The van der Waals surface area contributed by atoms with Gasteiger partial charge in [0, 0.05) is 30.2 Å². The summed E-state index contributed by atoms with van der Waals surface area (Å²) in [6.07, 6.45) is 5.86. The molecule has 3 aromatic rings. The van der Waals surface area contributed by atoms with Gasteiger partial charge in [-0.3, -0.25) is 9.88 Å². The molecule has 4 nitrogen and oxygen atoms in total. The largest absolute Gasteiger partial charge is 0.490 e. The fourth-order valence-electron chi connectivity index (χ4n) is 4.14. The molecule has 0 amide bonds. The standard InChI is InChI=1S/C24H25FN2O2/c25-22-2-1-3-23-21(22)14-18(15-26-23)16-6-8-19(9-7-16)29-20-10-12-27(13-11-20)24(28)17-4-5-17/h1-3,6-9,14-15,17,20,24,28H,4-5,10-13H2. The summed E-state index contributed by atoms with van der Waals surface area (Å²) in [6, 6.07) is 14.7. The number of likely N-dealkylation sites (tertiary alicyclic amines) is 1. The fourth-order valence-corrected chi connectivity index (χ4v) is 4.14. The van der Waals surface area contributed by atoms with Crippen molar-refractivity contribution < 1.29 is 14.2 Å². The van der Waals surface area contributed by atoms with Gasteiger partial charge >= 0.3 is 0 Å². The van der Waals surface area contributed by atoms with Crippen molar-refractivity contribution in [2.24, 2.45) is 5.92 Å². The Morgan fingerprint density at radius 2 is 1.76 bits per heavy atom. The second kappa shape index (κ2) is 7.73. The molecule has 0 spiro atoms. The van der Waals surface area contributed by atoms with Gasteiger partial charge in [-0.05, 0) is 67.5 Å². The Labute approximate surface area is 169 Å². The normalized spacial score (nSPS) is 19.4. The van der Waals surface area contributed by atoms with Gasteiger partial charge < -0.3 is 9.84 Å². The van der Waals surface area contributed by atoms with Crippen LogP contribution in [0.15, 0.2) is 54.7 Å². The summed E-state index contributed by atoms with van der Waals surface area (Å²) in [7, 11) is 0. The summed E-state index contributed by atoms with van der Waals surface area (Å²) < 4.78 is 20.2. The van der Waals surface area contributed by atoms with Crippen LogP contribution in [0.2, 0.25) is 0 Å².